The van der Waals surface area contributed by atoms with E-state index in [2.05, 4.69) is 10.6 Å². The standard InChI is InChI=1S/C20H21N3O3/c1-3-10-21-19(24)16(22-20(25)18-9-6-11-26-18)12-14-13-23(2)17-8-5-4-7-15(14)17/h4-9,11-13H,3,10H2,1-2H3,(H,21,24)(H,22,25)/b16-12-. The summed E-state index contributed by atoms with van der Waals surface area (Å²) in [5.41, 5.74) is 2.07. The average Bonchev–Trinajstić information content (AvgIpc) is 3.28. The van der Waals surface area contributed by atoms with E-state index in [1.165, 1.54) is 6.26 Å². The van der Waals surface area contributed by atoms with Crippen molar-refractivity contribution in [1.29, 1.82) is 0 Å². The summed E-state index contributed by atoms with van der Waals surface area (Å²) >= 11 is 0. The van der Waals surface area contributed by atoms with Gasteiger partial charge in [-0.25, -0.2) is 0 Å². The van der Waals surface area contributed by atoms with Crippen LogP contribution >= 0.6 is 0 Å². The van der Waals surface area contributed by atoms with Gasteiger partial charge in [-0.2, -0.15) is 0 Å². The van der Waals surface area contributed by atoms with Crippen molar-refractivity contribution in [2.75, 3.05) is 6.54 Å². The number of aryl methyl sites for hydroxylation is 1. The Morgan fingerprint density at radius 1 is 1.19 bits per heavy atom. The summed E-state index contributed by atoms with van der Waals surface area (Å²) in [6.07, 6.45) is 5.84. The molecular formula is C20H21N3O3. The lowest BCUT2D eigenvalue weighted by Crippen LogP contribution is -2.35. The number of hydrogen-bond donors (Lipinski definition) is 2. The largest absolute Gasteiger partial charge is 0.459 e. The summed E-state index contributed by atoms with van der Waals surface area (Å²) in [5.74, 6) is -0.648. The van der Waals surface area contributed by atoms with E-state index in [1.807, 2.05) is 49.0 Å². The smallest absolute Gasteiger partial charge is 0.291 e. The molecule has 0 saturated heterocycles. The van der Waals surface area contributed by atoms with Gasteiger partial charge in [0.05, 0.1) is 6.26 Å². The second-order valence-corrected chi connectivity index (χ2v) is 5.96. The van der Waals surface area contributed by atoms with E-state index in [9.17, 15) is 9.59 Å². The number of nitrogens with zero attached hydrogens (tertiary/aromatic N) is 1. The maximum absolute atomic E-state index is 12.5. The van der Waals surface area contributed by atoms with Crippen LogP contribution in [0.1, 0.15) is 29.5 Å². The molecule has 0 fully saturated rings. The normalized spacial score (nSPS) is 11.5. The van der Waals surface area contributed by atoms with E-state index < -0.39 is 5.91 Å². The molecule has 3 aromatic rings. The molecule has 26 heavy (non-hydrogen) atoms. The van der Waals surface area contributed by atoms with Crippen LogP contribution in [0.2, 0.25) is 0 Å². The van der Waals surface area contributed by atoms with Gasteiger partial charge in [-0.1, -0.05) is 25.1 Å². The van der Waals surface area contributed by atoms with Crippen molar-refractivity contribution < 1.29 is 14.0 Å². The molecule has 0 bridgehead atoms. The lowest BCUT2D eigenvalue weighted by Gasteiger charge is -2.09. The highest BCUT2D eigenvalue weighted by atomic mass is 16.3. The number of aromatic nitrogens is 1. The molecule has 2 aromatic heterocycles. The molecule has 134 valence electrons. The van der Waals surface area contributed by atoms with Gasteiger partial charge in [0.15, 0.2) is 5.76 Å². The zero-order valence-electron chi connectivity index (χ0n) is 14.8. The number of carbonyl (C=O) groups excluding carboxylic acids is 2. The Balaban J connectivity index is 1.97. The molecule has 3 rings (SSSR count). The van der Waals surface area contributed by atoms with Crippen molar-refractivity contribution in [3.63, 3.8) is 0 Å². The molecule has 0 saturated carbocycles. The summed E-state index contributed by atoms with van der Waals surface area (Å²) in [4.78, 5) is 24.8. The molecule has 2 heterocycles. The number of furan rings is 1. The van der Waals surface area contributed by atoms with Crippen molar-refractivity contribution in [3.8, 4) is 0 Å². The summed E-state index contributed by atoms with van der Waals surface area (Å²) in [6.45, 7) is 2.50. The minimum absolute atomic E-state index is 0.150. The molecule has 0 unspecified atom stereocenters. The molecule has 1 aromatic carbocycles. The van der Waals surface area contributed by atoms with Crippen LogP contribution in [-0.2, 0) is 11.8 Å². The van der Waals surface area contributed by atoms with Crippen LogP contribution in [0.25, 0.3) is 17.0 Å². The fourth-order valence-corrected chi connectivity index (χ4v) is 2.73. The summed E-state index contributed by atoms with van der Waals surface area (Å²) < 4.78 is 7.09. The minimum atomic E-state index is -0.465. The van der Waals surface area contributed by atoms with Crippen molar-refractivity contribution in [2.45, 2.75) is 13.3 Å². The van der Waals surface area contributed by atoms with Gasteiger partial charge in [0, 0.05) is 36.3 Å². The van der Waals surface area contributed by atoms with Crippen molar-refractivity contribution >= 4 is 28.8 Å². The van der Waals surface area contributed by atoms with Gasteiger partial charge in [-0.05, 0) is 30.7 Å². The molecular weight excluding hydrogens is 330 g/mol. The molecule has 0 aliphatic heterocycles. The Labute approximate surface area is 151 Å². The van der Waals surface area contributed by atoms with E-state index >= 15 is 0 Å². The van der Waals surface area contributed by atoms with Crippen LogP contribution in [0.3, 0.4) is 0 Å². The highest BCUT2D eigenvalue weighted by molar-refractivity contribution is 6.05. The number of amides is 2. The van der Waals surface area contributed by atoms with Crippen LogP contribution in [0.15, 0.2) is 59.0 Å². The van der Waals surface area contributed by atoms with Crippen LogP contribution < -0.4 is 10.6 Å². The highest BCUT2D eigenvalue weighted by Gasteiger charge is 2.17. The quantitative estimate of drug-likeness (QED) is 0.670. The molecule has 6 nitrogen and oxygen atoms in total. The first-order chi connectivity index (χ1) is 12.6. The fourth-order valence-electron chi connectivity index (χ4n) is 2.73. The zero-order valence-corrected chi connectivity index (χ0v) is 14.8. The van der Waals surface area contributed by atoms with Gasteiger partial charge >= 0.3 is 0 Å². The van der Waals surface area contributed by atoms with E-state index in [1.54, 1.807) is 18.2 Å². The maximum atomic E-state index is 12.5. The van der Waals surface area contributed by atoms with Crippen LogP contribution in [0, 0.1) is 0 Å². The third-order valence-corrected chi connectivity index (χ3v) is 4.00. The van der Waals surface area contributed by atoms with E-state index in [4.69, 9.17) is 4.42 Å². The Morgan fingerprint density at radius 2 is 2.00 bits per heavy atom. The number of nitrogens with one attached hydrogen (secondary N) is 2. The van der Waals surface area contributed by atoms with Crippen molar-refractivity contribution in [3.05, 3.63) is 65.9 Å². The third-order valence-electron chi connectivity index (χ3n) is 4.00. The maximum Gasteiger partial charge on any atom is 0.291 e. The zero-order chi connectivity index (χ0) is 18.5. The molecule has 0 aliphatic carbocycles. The fraction of sp³-hybridized carbons (Fsp3) is 0.200. The van der Waals surface area contributed by atoms with Gasteiger partial charge in [-0.15, -0.1) is 0 Å². The predicted octanol–water partition coefficient (Wildman–Crippen LogP) is 3.07. The monoisotopic (exact) mass is 351 g/mol. The van der Waals surface area contributed by atoms with Gasteiger partial charge < -0.3 is 19.6 Å². The molecule has 2 N–H and O–H groups in total. The number of hydrogen-bond acceptors (Lipinski definition) is 3. The Morgan fingerprint density at radius 3 is 2.73 bits per heavy atom. The Hall–Kier alpha value is -3.28. The topological polar surface area (TPSA) is 76.3 Å². The summed E-state index contributed by atoms with van der Waals surface area (Å²) in [6, 6.07) is 11.1. The summed E-state index contributed by atoms with van der Waals surface area (Å²) in [7, 11) is 1.94. The van der Waals surface area contributed by atoms with E-state index in [0.717, 1.165) is 22.9 Å². The molecule has 0 aliphatic rings. The first kappa shape index (κ1) is 17.5. The average molecular weight is 351 g/mol. The van der Waals surface area contributed by atoms with Crippen LogP contribution in [-0.4, -0.2) is 22.9 Å². The number of fused-ring (bicyclic) bond motifs is 1. The van der Waals surface area contributed by atoms with Gasteiger partial charge in [0.1, 0.15) is 5.70 Å². The molecule has 0 spiro atoms. The minimum Gasteiger partial charge on any atom is -0.459 e. The number of para-hydroxylation sites is 1. The Bertz CT molecular complexity index is 952. The SMILES string of the molecule is CCCNC(=O)/C(=C/c1cn(C)c2ccccc12)NC(=O)c1ccco1. The van der Waals surface area contributed by atoms with Crippen molar-refractivity contribution in [2.24, 2.45) is 7.05 Å². The Kier molecular flexibility index (Phi) is 5.22. The second kappa shape index (κ2) is 7.74. The number of benzene rings is 1. The first-order valence-corrected chi connectivity index (χ1v) is 8.49. The molecule has 0 radical (unpaired) electrons. The lowest BCUT2D eigenvalue weighted by molar-refractivity contribution is -0.117. The predicted molar refractivity (Wildman–Crippen MR) is 100 cm³/mol. The second-order valence-electron chi connectivity index (χ2n) is 5.96. The number of carbonyl (C=O) groups is 2. The molecule has 0 atom stereocenters. The number of rotatable bonds is 6. The first-order valence-electron chi connectivity index (χ1n) is 8.49. The van der Waals surface area contributed by atoms with Gasteiger partial charge in [0.2, 0.25) is 0 Å². The van der Waals surface area contributed by atoms with Crippen molar-refractivity contribution in [1.82, 2.24) is 15.2 Å². The third kappa shape index (κ3) is 3.69. The molecule has 2 amide bonds. The van der Waals surface area contributed by atoms with E-state index in [-0.39, 0.29) is 17.4 Å². The van der Waals surface area contributed by atoms with Crippen LogP contribution in [0.5, 0.6) is 0 Å². The van der Waals surface area contributed by atoms with E-state index in [0.29, 0.717) is 6.54 Å². The molecule has 6 heteroatoms. The van der Waals surface area contributed by atoms with Crippen LogP contribution in [0.4, 0.5) is 0 Å². The van der Waals surface area contributed by atoms with Gasteiger partial charge in [-0.3, -0.25) is 9.59 Å². The van der Waals surface area contributed by atoms with Gasteiger partial charge in [0.25, 0.3) is 11.8 Å². The lowest BCUT2D eigenvalue weighted by atomic mass is 10.1. The summed E-state index contributed by atoms with van der Waals surface area (Å²) in [5, 5.41) is 6.46. The highest BCUT2D eigenvalue weighted by Crippen LogP contribution is 2.22.